The summed E-state index contributed by atoms with van der Waals surface area (Å²) in [6, 6.07) is 0. The molecule has 0 aromatic heterocycles. The molecule has 0 aromatic rings. The van der Waals surface area contributed by atoms with E-state index in [0.717, 1.165) is 19.3 Å². The molecule has 0 aliphatic carbocycles. The normalized spacial score (nSPS) is 31.1. The molecular weight excluding hydrogens is 761 g/mol. The van der Waals surface area contributed by atoms with E-state index in [1.165, 1.54) is 0 Å². The number of aliphatic hydroxyl groups is 2. The van der Waals surface area contributed by atoms with Crippen LogP contribution in [0.1, 0.15) is 47.5 Å². The molecule has 3 rings (SSSR count). The molecule has 7 N–H and O–H groups in total. The van der Waals surface area contributed by atoms with Gasteiger partial charge in [-0.2, -0.15) is 0 Å². The van der Waals surface area contributed by atoms with E-state index < -0.39 is 14.4 Å². The summed E-state index contributed by atoms with van der Waals surface area (Å²) in [5, 5.41) is 56.0. The Labute approximate surface area is 316 Å². The van der Waals surface area contributed by atoms with Crippen molar-refractivity contribution in [3.05, 3.63) is 20.8 Å². The second-order valence-electron chi connectivity index (χ2n) is 8.26. The summed E-state index contributed by atoms with van der Waals surface area (Å²) in [5.41, 5.74) is 0. The molecule has 3 fully saturated rings. The summed E-state index contributed by atoms with van der Waals surface area (Å²) in [7, 11) is -3.58. The molecule has 0 amide bonds. The minimum Gasteiger partial charge on any atom is -0.426 e. The van der Waals surface area contributed by atoms with Crippen LogP contribution >= 0.6 is 0 Å². The molecule has 0 aromatic carbocycles. The van der Waals surface area contributed by atoms with Crippen LogP contribution in [0.25, 0.3) is 0 Å². The molecule has 0 unspecified atom stereocenters. The molecule has 3 aliphatic rings. The van der Waals surface area contributed by atoms with Crippen LogP contribution in [-0.4, -0.2) is 125 Å². The van der Waals surface area contributed by atoms with Crippen molar-refractivity contribution in [1.29, 1.82) is 0 Å². The molecule has 18 heteroatoms. The van der Waals surface area contributed by atoms with E-state index in [-0.39, 0.29) is 174 Å². The standard InChI is InChI=1S/C7H14BO4.C7H13O3.C6H11O2.CH2O.CH4.BH3O3.3Y/c1-5-3-7(6(2)12-5)11-4-8(9)10;1-5-3-7(9-4-8)6(2)10-5;1-4-3-6(7)5(2)8-4;1-2;;2-1(3)4;;;/h5-7,9-10H,2-4H2,1H3;5-8H,2-4H2,1H3;4-7H,2-3H2,1H3;1H2;1H4;2-4H;;;/q3*-1;;;;;;/t2*5-,6+,7+;4-,5+,6+;;;;;;/m000....../s1. The summed E-state index contributed by atoms with van der Waals surface area (Å²) in [5.74, 6) is 0. The van der Waals surface area contributed by atoms with Crippen LogP contribution in [0.5, 0.6) is 0 Å². The Morgan fingerprint density at radius 2 is 1.07 bits per heavy atom. The molecule has 3 radical (unpaired) electrons. The Bertz CT molecular complexity index is 524. The molecule has 0 saturated carbocycles. The number of carbonyl (C=O) groups is 1. The van der Waals surface area contributed by atoms with Crippen molar-refractivity contribution >= 4 is 21.2 Å². The predicted molar refractivity (Wildman–Crippen MR) is 137 cm³/mol. The van der Waals surface area contributed by atoms with Gasteiger partial charge in [0.15, 0.2) is 0 Å². The van der Waals surface area contributed by atoms with E-state index in [1.54, 1.807) is 0 Å². The molecule has 3 saturated heterocycles. The van der Waals surface area contributed by atoms with Crippen molar-refractivity contribution in [2.45, 2.75) is 102 Å². The molecule has 231 valence electrons. The number of ether oxygens (including phenoxy) is 5. The van der Waals surface area contributed by atoms with Gasteiger partial charge in [-0.15, -0.1) is 0 Å². The second kappa shape index (κ2) is 33.0. The van der Waals surface area contributed by atoms with Gasteiger partial charge in [-0.1, -0.05) is 7.43 Å². The average Bonchev–Trinajstić information content (AvgIpc) is 3.37. The van der Waals surface area contributed by atoms with Gasteiger partial charge in [0.2, 0.25) is 0 Å². The summed E-state index contributed by atoms with van der Waals surface area (Å²) in [6.45, 7) is 18.6. The Morgan fingerprint density at radius 1 is 0.750 bits per heavy atom. The summed E-state index contributed by atoms with van der Waals surface area (Å²) < 4.78 is 25.8. The minimum absolute atomic E-state index is 0. The topological polar surface area (TPSA) is 205 Å². The monoisotopic (exact) mass is 808 g/mol. The number of aliphatic hydroxyl groups excluding tert-OH is 2. The third-order valence-electron chi connectivity index (χ3n) is 4.93. The molecule has 40 heavy (non-hydrogen) atoms. The third kappa shape index (κ3) is 29.3. The van der Waals surface area contributed by atoms with E-state index in [1.807, 2.05) is 27.6 Å². The SMILES string of the molecule is C.C=O.OB(O)O.[CH2-][C@H]1O[C@@H](C)C[C@H]1O.[CH2-][C@H]1O[C@@H](C)C[C@H]1OCB(O)O.[CH2-][C@H]1O[C@@H](C)C[C@H]1OCO.[Y].[Y].[Y]. The molecule has 3 aliphatic heterocycles. The molecule has 3 heterocycles. The van der Waals surface area contributed by atoms with Crippen LogP contribution in [0.15, 0.2) is 0 Å². The van der Waals surface area contributed by atoms with Crippen LogP contribution in [-0.2, 0) is 127 Å². The van der Waals surface area contributed by atoms with Gasteiger partial charge in [0.25, 0.3) is 0 Å². The van der Waals surface area contributed by atoms with Crippen molar-refractivity contribution in [1.82, 2.24) is 0 Å². The van der Waals surface area contributed by atoms with Crippen LogP contribution in [0.3, 0.4) is 0 Å². The molecular formula is C22H47B2O13Y3-3. The first-order valence-corrected chi connectivity index (χ1v) is 11.4. The quantitative estimate of drug-likeness (QED) is 0.0960. The average molecular weight is 808 g/mol. The van der Waals surface area contributed by atoms with Crippen LogP contribution in [0.2, 0.25) is 0 Å². The zero-order valence-corrected chi connectivity index (χ0v) is 31.5. The van der Waals surface area contributed by atoms with Gasteiger partial charge >= 0.3 is 14.4 Å². The van der Waals surface area contributed by atoms with Crippen molar-refractivity contribution in [2.24, 2.45) is 0 Å². The first-order chi connectivity index (χ1) is 16.8. The fraction of sp³-hybridized carbons (Fsp3) is 0.818. The van der Waals surface area contributed by atoms with Gasteiger partial charge in [-0.05, 0) is 58.3 Å². The largest absolute Gasteiger partial charge is 0.631 e. The molecule has 13 nitrogen and oxygen atoms in total. The Balaban J connectivity index is -0.0000000953. The molecule has 0 spiro atoms. The van der Waals surface area contributed by atoms with E-state index in [9.17, 15) is 0 Å². The van der Waals surface area contributed by atoms with Crippen molar-refractivity contribution in [3.8, 4) is 0 Å². The predicted octanol–water partition coefficient (Wildman–Crippen LogP) is -1.52. The Kier molecular flexibility index (Phi) is 45.4. The first-order valence-electron chi connectivity index (χ1n) is 11.4. The zero-order chi connectivity index (χ0) is 28.4. The Hall–Kier alpha value is 2.63. The minimum atomic E-state index is -2.17. The van der Waals surface area contributed by atoms with E-state index in [0.29, 0.717) is 0 Å². The summed E-state index contributed by atoms with van der Waals surface area (Å²) in [4.78, 5) is 8.00. The van der Waals surface area contributed by atoms with Gasteiger partial charge < -0.3 is 84.6 Å². The maximum Gasteiger partial charge on any atom is 0.631 e. The number of hydrogen-bond donors (Lipinski definition) is 7. The van der Waals surface area contributed by atoms with E-state index >= 15 is 0 Å². The van der Waals surface area contributed by atoms with Crippen LogP contribution < -0.4 is 0 Å². The second-order valence-corrected chi connectivity index (χ2v) is 8.26. The number of rotatable bonds is 5. The zero-order valence-electron chi connectivity index (χ0n) is 23.0. The number of carbonyl (C=O) groups excluding carboxylic acids is 1. The van der Waals surface area contributed by atoms with Gasteiger partial charge in [0, 0.05) is 98.1 Å². The smallest absolute Gasteiger partial charge is 0.426 e. The number of hydrogen-bond acceptors (Lipinski definition) is 13. The maximum absolute atomic E-state index is 8.98. The molecule has 0 bridgehead atoms. The third-order valence-corrected chi connectivity index (χ3v) is 4.93. The van der Waals surface area contributed by atoms with E-state index in [4.69, 9.17) is 63.8 Å². The van der Waals surface area contributed by atoms with Crippen LogP contribution in [0, 0.1) is 20.8 Å². The fourth-order valence-electron chi connectivity index (χ4n) is 3.43. The maximum atomic E-state index is 8.98. The molecule has 9 atom stereocenters. The fourth-order valence-corrected chi connectivity index (χ4v) is 3.43. The first kappa shape index (κ1) is 55.1. The van der Waals surface area contributed by atoms with Crippen molar-refractivity contribution < 1.29 is 162 Å². The Morgan fingerprint density at radius 3 is 1.27 bits per heavy atom. The van der Waals surface area contributed by atoms with E-state index in [2.05, 4.69) is 20.8 Å². The van der Waals surface area contributed by atoms with Crippen LogP contribution in [0.4, 0.5) is 0 Å². The summed E-state index contributed by atoms with van der Waals surface area (Å²) in [6.07, 6.45) is 1.86. The van der Waals surface area contributed by atoms with Gasteiger partial charge in [-0.25, -0.2) is 0 Å². The van der Waals surface area contributed by atoms with Gasteiger partial charge in [0.05, 0.1) is 43.1 Å². The van der Waals surface area contributed by atoms with Gasteiger partial charge in [0.1, 0.15) is 13.6 Å². The summed E-state index contributed by atoms with van der Waals surface area (Å²) >= 11 is 0. The van der Waals surface area contributed by atoms with Crippen molar-refractivity contribution in [3.63, 3.8) is 0 Å². The van der Waals surface area contributed by atoms with Gasteiger partial charge in [-0.3, -0.25) is 0 Å². The van der Waals surface area contributed by atoms with Crippen molar-refractivity contribution in [2.75, 3.05) is 13.3 Å².